The highest BCUT2D eigenvalue weighted by Gasteiger charge is 2.28. The third-order valence-electron chi connectivity index (χ3n) is 4.92. The first-order chi connectivity index (χ1) is 12.7. The maximum atomic E-state index is 5.82. The Hall–Kier alpha value is -2.74. The zero-order chi connectivity index (χ0) is 17.9. The van der Waals surface area contributed by atoms with Crippen LogP contribution in [-0.2, 0) is 6.42 Å². The second kappa shape index (κ2) is 7.25. The van der Waals surface area contributed by atoms with Gasteiger partial charge in [0.05, 0.1) is 12.1 Å². The molecule has 0 aliphatic carbocycles. The largest absolute Gasteiger partial charge is 0.491 e. The number of fused-ring (bicyclic) bond motifs is 1. The highest BCUT2D eigenvalue weighted by molar-refractivity contribution is 5.70. The topological polar surface area (TPSA) is 12.5 Å². The van der Waals surface area contributed by atoms with E-state index in [0.29, 0.717) is 6.04 Å². The summed E-state index contributed by atoms with van der Waals surface area (Å²) in [6.07, 6.45) is 2.42. The summed E-state index contributed by atoms with van der Waals surface area (Å²) in [7, 11) is 0. The van der Waals surface area contributed by atoms with E-state index in [1.807, 2.05) is 0 Å². The summed E-state index contributed by atoms with van der Waals surface area (Å²) in [6, 6.07) is 28.4. The maximum absolute atomic E-state index is 5.82. The van der Waals surface area contributed by atoms with Crippen LogP contribution in [0.25, 0.3) is 0 Å². The molecule has 0 radical (unpaired) electrons. The first-order valence-electron chi connectivity index (χ1n) is 9.41. The summed E-state index contributed by atoms with van der Waals surface area (Å²) in [5.74, 6) is 0.922. The highest BCUT2D eigenvalue weighted by atomic mass is 16.5. The molecule has 1 unspecified atom stereocenters. The minimum absolute atomic E-state index is 0.189. The lowest BCUT2D eigenvalue weighted by Gasteiger charge is -2.39. The average Bonchev–Trinajstić information content (AvgIpc) is 2.68. The van der Waals surface area contributed by atoms with Gasteiger partial charge in [-0.3, -0.25) is 0 Å². The maximum Gasteiger partial charge on any atom is 0.119 e. The Bertz CT molecular complexity index is 855. The van der Waals surface area contributed by atoms with Crippen molar-refractivity contribution in [3.63, 3.8) is 0 Å². The van der Waals surface area contributed by atoms with Gasteiger partial charge in [-0.15, -0.1) is 0 Å². The van der Waals surface area contributed by atoms with Gasteiger partial charge < -0.3 is 9.64 Å². The summed E-state index contributed by atoms with van der Waals surface area (Å²) in [5, 5.41) is 0. The second-order valence-electron chi connectivity index (χ2n) is 7.12. The third kappa shape index (κ3) is 3.32. The SMILES string of the molecule is CC(C)Oc1ccc(N2c3ccccc3CCC2c2ccccc2)cc1. The molecule has 0 aromatic heterocycles. The molecular weight excluding hydrogens is 318 g/mol. The van der Waals surface area contributed by atoms with E-state index in [1.54, 1.807) is 0 Å². The lowest BCUT2D eigenvalue weighted by Crippen LogP contribution is -2.29. The van der Waals surface area contributed by atoms with Gasteiger partial charge >= 0.3 is 0 Å². The number of aryl methyl sites for hydroxylation is 1. The number of hydrogen-bond acceptors (Lipinski definition) is 2. The molecule has 1 atom stereocenters. The van der Waals surface area contributed by atoms with E-state index < -0.39 is 0 Å². The van der Waals surface area contributed by atoms with Gasteiger partial charge in [0.2, 0.25) is 0 Å². The highest BCUT2D eigenvalue weighted by Crippen LogP contribution is 2.43. The molecule has 0 bridgehead atoms. The summed E-state index contributed by atoms with van der Waals surface area (Å²) in [4.78, 5) is 2.48. The van der Waals surface area contributed by atoms with Crippen molar-refractivity contribution in [3.05, 3.63) is 90.0 Å². The van der Waals surface area contributed by atoms with Gasteiger partial charge in [0.25, 0.3) is 0 Å². The van der Waals surface area contributed by atoms with Crippen molar-refractivity contribution in [2.75, 3.05) is 4.90 Å². The monoisotopic (exact) mass is 343 g/mol. The van der Waals surface area contributed by atoms with Crippen LogP contribution in [0, 0.1) is 0 Å². The minimum atomic E-state index is 0.189. The average molecular weight is 343 g/mol. The molecule has 1 heterocycles. The fourth-order valence-corrected chi connectivity index (χ4v) is 3.81. The van der Waals surface area contributed by atoms with Crippen LogP contribution in [0.4, 0.5) is 11.4 Å². The molecule has 0 N–H and O–H groups in total. The number of ether oxygens (including phenoxy) is 1. The van der Waals surface area contributed by atoms with Crippen molar-refractivity contribution < 1.29 is 4.74 Å². The Kier molecular flexibility index (Phi) is 4.66. The predicted molar refractivity (Wildman–Crippen MR) is 108 cm³/mol. The van der Waals surface area contributed by atoms with Gasteiger partial charge in [-0.25, -0.2) is 0 Å². The van der Waals surface area contributed by atoms with E-state index in [-0.39, 0.29) is 6.10 Å². The standard InChI is InChI=1S/C24H25NO/c1-18(2)26-22-15-13-21(14-16-22)25-23-11-7-6-10-20(23)12-17-24(25)19-8-4-3-5-9-19/h3-11,13-16,18,24H,12,17H2,1-2H3. The number of anilines is 2. The molecule has 1 aliphatic rings. The Morgan fingerprint density at radius 1 is 0.846 bits per heavy atom. The zero-order valence-corrected chi connectivity index (χ0v) is 15.4. The molecule has 2 heteroatoms. The number of benzene rings is 3. The molecule has 3 aromatic carbocycles. The molecule has 1 aliphatic heterocycles. The van der Waals surface area contributed by atoms with E-state index in [1.165, 1.54) is 22.5 Å². The molecule has 4 rings (SSSR count). The van der Waals surface area contributed by atoms with Crippen molar-refractivity contribution in [1.29, 1.82) is 0 Å². The summed E-state index contributed by atoms with van der Waals surface area (Å²) < 4.78 is 5.82. The van der Waals surface area contributed by atoms with Crippen molar-refractivity contribution in [1.82, 2.24) is 0 Å². The van der Waals surface area contributed by atoms with Crippen LogP contribution in [-0.4, -0.2) is 6.10 Å². The van der Waals surface area contributed by atoms with Crippen LogP contribution in [0.1, 0.15) is 37.4 Å². The number of nitrogens with zero attached hydrogens (tertiary/aromatic N) is 1. The first kappa shape index (κ1) is 16.7. The molecular formula is C24H25NO. The van der Waals surface area contributed by atoms with Gasteiger partial charge in [-0.1, -0.05) is 48.5 Å². The molecule has 26 heavy (non-hydrogen) atoms. The van der Waals surface area contributed by atoms with E-state index in [4.69, 9.17) is 4.74 Å². The van der Waals surface area contributed by atoms with E-state index in [9.17, 15) is 0 Å². The quantitative estimate of drug-likeness (QED) is 0.551. The normalized spacial score (nSPS) is 16.4. The molecule has 2 nitrogen and oxygen atoms in total. The molecule has 0 spiro atoms. The molecule has 3 aromatic rings. The summed E-state index contributed by atoms with van der Waals surface area (Å²) >= 11 is 0. The molecule has 0 saturated heterocycles. The predicted octanol–water partition coefficient (Wildman–Crippen LogP) is 6.30. The fraction of sp³-hybridized carbons (Fsp3) is 0.250. The molecule has 0 amide bonds. The van der Waals surface area contributed by atoms with E-state index in [0.717, 1.165) is 18.6 Å². The van der Waals surface area contributed by atoms with Gasteiger partial charge in [0.15, 0.2) is 0 Å². The van der Waals surface area contributed by atoms with E-state index in [2.05, 4.69) is 97.6 Å². The lowest BCUT2D eigenvalue weighted by atomic mass is 9.90. The van der Waals surface area contributed by atoms with Crippen LogP contribution >= 0.6 is 0 Å². The Labute approximate surface area is 156 Å². The van der Waals surface area contributed by atoms with Crippen LogP contribution in [0.5, 0.6) is 5.75 Å². The molecule has 132 valence electrons. The number of para-hydroxylation sites is 1. The third-order valence-corrected chi connectivity index (χ3v) is 4.92. The number of hydrogen-bond donors (Lipinski definition) is 0. The van der Waals surface area contributed by atoms with Crippen LogP contribution < -0.4 is 9.64 Å². The van der Waals surface area contributed by atoms with Crippen molar-refractivity contribution in [2.24, 2.45) is 0 Å². The Morgan fingerprint density at radius 3 is 2.27 bits per heavy atom. The van der Waals surface area contributed by atoms with Crippen molar-refractivity contribution in [2.45, 2.75) is 38.8 Å². The number of rotatable bonds is 4. The van der Waals surface area contributed by atoms with Crippen molar-refractivity contribution in [3.8, 4) is 5.75 Å². The Morgan fingerprint density at radius 2 is 1.54 bits per heavy atom. The van der Waals surface area contributed by atoms with Gasteiger partial charge in [0.1, 0.15) is 5.75 Å². The van der Waals surface area contributed by atoms with Gasteiger partial charge in [-0.2, -0.15) is 0 Å². The van der Waals surface area contributed by atoms with Gasteiger partial charge in [0, 0.05) is 11.4 Å². The van der Waals surface area contributed by atoms with Crippen molar-refractivity contribution >= 4 is 11.4 Å². The minimum Gasteiger partial charge on any atom is -0.491 e. The van der Waals surface area contributed by atoms with E-state index >= 15 is 0 Å². The first-order valence-corrected chi connectivity index (χ1v) is 9.41. The lowest BCUT2D eigenvalue weighted by molar-refractivity contribution is 0.242. The summed E-state index contributed by atoms with van der Waals surface area (Å²) in [5.41, 5.74) is 5.30. The molecule has 0 fully saturated rings. The van der Waals surface area contributed by atoms with Crippen LogP contribution in [0.2, 0.25) is 0 Å². The van der Waals surface area contributed by atoms with Crippen LogP contribution in [0.3, 0.4) is 0 Å². The second-order valence-corrected chi connectivity index (χ2v) is 7.12. The molecule has 0 saturated carbocycles. The smallest absolute Gasteiger partial charge is 0.119 e. The Balaban J connectivity index is 1.75. The zero-order valence-electron chi connectivity index (χ0n) is 15.4. The fourth-order valence-electron chi connectivity index (χ4n) is 3.81. The van der Waals surface area contributed by atoms with Crippen LogP contribution in [0.15, 0.2) is 78.9 Å². The summed E-state index contributed by atoms with van der Waals surface area (Å²) in [6.45, 7) is 4.11. The van der Waals surface area contributed by atoms with Gasteiger partial charge in [-0.05, 0) is 68.1 Å².